The first-order valence-electron chi connectivity index (χ1n) is 7.09. The molecule has 2 N–H and O–H groups in total. The number of nitrogens with two attached hydrogens (primary N) is 1. The maximum Gasteiger partial charge on any atom is 0.161 e. The fourth-order valence-electron chi connectivity index (χ4n) is 2.04. The Morgan fingerprint density at radius 1 is 1.21 bits per heavy atom. The van der Waals surface area contributed by atoms with Crippen LogP contribution in [0.4, 0.5) is 0 Å². The molecule has 2 rings (SSSR count). The third-order valence-electron chi connectivity index (χ3n) is 3.70. The average molecular weight is 263 g/mol. The molecule has 1 atom stereocenters. The number of aryl methyl sites for hydroxylation is 1. The fourth-order valence-corrected chi connectivity index (χ4v) is 2.04. The van der Waals surface area contributed by atoms with Gasteiger partial charge in [-0.3, -0.25) is 0 Å². The zero-order chi connectivity index (χ0) is 13.9. The summed E-state index contributed by atoms with van der Waals surface area (Å²) in [6, 6.07) is 6.27. The zero-order valence-corrected chi connectivity index (χ0v) is 12.2. The summed E-state index contributed by atoms with van der Waals surface area (Å²) in [5.74, 6) is 2.19. The van der Waals surface area contributed by atoms with Crippen molar-refractivity contribution >= 4 is 0 Å². The molecule has 0 saturated heterocycles. The quantitative estimate of drug-likeness (QED) is 0.908. The highest BCUT2D eigenvalue weighted by Crippen LogP contribution is 2.32. The minimum atomic E-state index is 0.193. The molecule has 19 heavy (non-hydrogen) atoms. The fraction of sp³-hybridized carbons (Fsp3) is 0.625. The Labute approximate surface area is 116 Å². The highest BCUT2D eigenvalue weighted by molar-refractivity contribution is 5.43. The van der Waals surface area contributed by atoms with Crippen molar-refractivity contribution in [3.63, 3.8) is 0 Å². The summed E-state index contributed by atoms with van der Waals surface area (Å²) in [4.78, 5) is 0. The molecule has 1 aliphatic heterocycles. The van der Waals surface area contributed by atoms with Crippen molar-refractivity contribution in [3.8, 4) is 11.5 Å². The number of hydrogen-bond acceptors (Lipinski definition) is 3. The van der Waals surface area contributed by atoms with Crippen molar-refractivity contribution in [3.05, 3.63) is 23.8 Å². The lowest BCUT2D eigenvalue weighted by atomic mass is 9.86. The van der Waals surface area contributed by atoms with Gasteiger partial charge in [-0.15, -0.1) is 0 Å². The molecule has 1 aromatic carbocycles. The van der Waals surface area contributed by atoms with Crippen LogP contribution in [0.25, 0.3) is 0 Å². The lowest BCUT2D eigenvalue weighted by Gasteiger charge is -2.22. The number of fused-ring (bicyclic) bond motifs is 1. The molecule has 0 radical (unpaired) electrons. The lowest BCUT2D eigenvalue weighted by molar-refractivity contribution is 0.228. The third-order valence-corrected chi connectivity index (χ3v) is 3.70. The topological polar surface area (TPSA) is 44.5 Å². The Hall–Kier alpha value is -1.22. The predicted molar refractivity (Wildman–Crippen MR) is 77.8 cm³/mol. The van der Waals surface area contributed by atoms with E-state index in [4.69, 9.17) is 15.2 Å². The molecule has 0 aromatic heterocycles. The molecule has 1 aromatic rings. The molecular formula is C16H25NO2. The Balaban J connectivity index is 2.05. The van der Waals surface area contributed by atoms with Crippen LogP contribution in [0.2, 0.25) is 0 Å². The minimum absolute atomic E-state index is 0.193. The van der Waals surface area contributed by atoms with E-state index in [0.29, 0.717) is 5.92 Å². The van der Waals surface area contributed by atoms with Gasteiger partial charge in [0.2, 0.25) is 0 Å². The Kier molecular flexibility index (Phi) is 4.35. The standard InChI is InChI=1S/C16H25NO2/c1-12-9-18-14-5-4-13(8-15(14)19-10-12)6-7-16(2,3)11-17/h4-5,8,12H,6-7,9-11,17H2,1-3H3. The van der Waals surface area contributed by atoms with Crippen LogP contribution in [0.15, 0.2) is 18.2 Å². The van der Waals surface area contributed by atoms with Crippen molar-refractivity contribution in [2.75, 3.05) is 19.8 Å². The van der Waals surface area contributed by atoms with E-state index in [1.54, 1.807) is 0 Å². The number of hydrogen-bond donors (Lipinski definition) is 1. The highest BCUT2D eigenvalue weighted by atomic mass is 16.5. The highest BCUT2D eigenvalue weighted by Gasteiger charge is 2.18. The first-order valence-corrected chi connectivity index (χ1v) is 7.09. The third kappa shape index (κ3) is 3.87. The normalized spacial score (nSPS) is 19.1. The van der Waals surface area contributed by atoms with Gasteiger partial charge in [-0.25, -0.2) is 0 Å². The predicted octanol–water partition coefficient (Wildman–Crippen LogP) is 3.01. The first kappa shape index (κ1) is 14.2. The van der Waals surface area contributed by atoms with Crippen LogP contribution in [0.5, 0.6) is 11.5 Å². The molecule has 0 aliphatic carbocycles. The van der Waals surface area contributed by atoms with E-state index in [2.05, 4.69) is 32.9 Å². The summed E-state index contributed by atoms with van der Waals surface area (Å²) in [5.41, 5.74) is 7.26. The van der Waals surface area contributed by atoms with Crippen LogP contribution in [0.1, 0.15) is 32.8 Å². The molecule has 0 bridgehead atoms. The second kappa shape index (κ2) is 5.83. The Morgan fingerprint density at radius 2 is 1.89 bits per heavy atom. The maximum absolute atomic E-state index is 5.81. The molecule has 3 heteroatoms. The van der Waals surface area contributed by atoms with Crippen LogP contribution in [0.3, 0.4) is 0 Å². The van der Waals surface area contributed by atoms with Crippen LogP contribution < -0.4 is 15.2 Å². The van der Waals surface area contributed by atoms with Gasteiger partial charge in [-0.2, -0.15) is 0 Å². The first-order chi connectivity index (χ1) is 9.00. The summed E-state index contributed by atoms with van der Waals surface area (Å²) < 4.78 is 11.5. The van der Waals surface area contributed by atoms with E-state index in [1.165, 1.54) is 5.56 Å². The van der Waals surface area contributed by atoms with Gasteiger partial charge in [0.15, 0.2) is 11.5 Å². The van der Waals surface area contributed by atoms with Gasteiger partial charge in [0, 0.05) is 5.92 Å². The molecule has 3 nitrogen and oxygen atoms in total. The summed E-state index contributed by atoms with van der Waals surface area (Å²) >= 11 is 0. The lowest BCUT2D eigenvalue weighted by Crippen LogP contribution is -2.24. The van der Waals surface area contributed by atoms with Crippen LogP contribution in [-0.2, 0) is 6.42 Å². The zero-order valence-electron chi connectivity index (χ0n) is 12.2. The number of ether oxygens (including phenoxy) is 2. The maximum atomic E-state index is 5.81. The van der Waals surface area contributed by atoms with E-state index in [9.17, 15) is 0 Å². The number of rotatable bonds is 4. The molecule has 1 unspecified atom stereocenters. The van der Waals surface area contributed by atoms with Crippen LogP contribution in [0, 0.1) is 11.3 Å². The van der Waals surface area contributed by atoms with Crippen LogP contribution >= 0.6 is 0 Å². The molecular weight excluding hydrogens is 238 g/mol. The molecule has 0 amide bonds. The van der Waals surface area contributed by atoms with Gasteiger partial charge < -0.3 is 15.2 Å². The Morgan fingerprint density at radius 3 is 2.58 bits per heavy atom. The van der Waals surface area contributed by atoms with E-state index < -0.39 is 0 Å². The second-order valence-electron chi connectivity index (χ2n) is 6.38. The van der Waals surface area contributed by atoms with Crippen LogP contribution in [-0.4, -0.2) is 19.8 Å². The molecule has 1 heterocycles. The van der Waals surface area contributed by atoms with Crippen molar-refractivity contribution in [1.29, 1.82) is 0 Å². The van der Waals surface area contributed by atoms with E-state index >= 15 is 0 Å². The van der Waals surface area contributed by atoms with Crippen molar-refractivity contribution in [2.45, 2.75) is 33.6 Å². The minimum Gasteiger partial charge on any atom is -0.489 e. The molecule has 0 fully saturated rings. The van der Waals surface area contributed by atoms with E-state index in [1.807, 2.05) is 6.07 Å². The van der Waals surface area contributed by atoms with Gasteiger partial charge in [0.25, 0.3) is 0 Å². The van der Waals surface area contributed by atoms with Gasteiger partial charge >= 0.3 is 0 Å². The molecule has 1 aliphatic rings. The van der Waals surface area contributed by atoms with Gasteiger partial charge in [-0.05, 0) is 42.5 Å². The smallest absolute Gasteiger partial charge is 0.161 e. The SMILES string of the molecule is CC1COc2ccc(CCC(C)(C)CN)cc2OC1. The van der Waals surface area contributed by atoms with Crippen molar-refractivity contribution in [2.24, 2.45) is 17.1 Å². The molecule has 106 valence electrons. The van der Waals surface area contributed by atoms with Gasteiger partial charge in [0.05, 0.1) is 13.2 Å². The molecule has 0 spiro atoms. The van der Waals surface area contributed by atoms with E-state index in [-0.39, 0.29) is 5.41 Å². The average Bonchev–Trinajstić information content (AvgIpc) is 2.59. The summed E-state index contributed by atoms with van der Waals surface area (Å²) in [6.07, 6.45) is 2.11. The van der Waals surface area contributed by atoms with Gasteiger partial charge in [0.1, 0.15) is 0 Å². The summed E-state index contributed by atoms with van der Waals surface area (Å²) in [6.45, 7) is 8.72. The largest absolute Gasteiger partial charge is 0.489 e. The second-order valence-corrected chi connectivity index (χ2v) is 6.38. The molecule has 0 saturated carbocycles. The summed E-state index contributed by atoms with van der Waals surface area (Å²) in [5, 5.41) is 0. The Bertz CT molecular complexity index is 429. The van der Waals surface area contributed by atoms with Gasteiger partial charge in [-0.1, -0.05) is 26.8 Å². The van der Waals surface area contributed by atoms with E-state index in [0.717, 1.165) is 44.1 Å². The van der Waals surface area contributed by atoms with Crippen molar-refractivity contribution < 1.29 is 9.47 Å². The number of benzene rings is 1. The summed E-state index contributed by atoms with van der Waals surface area (Å²) in [7, 11) is 0. The monoisotopic (exact) mass is 263 g/mol. The van der Waals surface area contributed by atoms with Crippen molar-refractivity contribution in [1.82, 2.24) is 0 Å².